The fraction of sp³-hybridized carbons (Fsp3) is 0.375. The van der Waals surface area contributed by atoms with E-state index < -0.39 is 17.2 Å². The molecule has 0 fully saturated rings. The van der Waals surface area contributed by atoms with Gasteiger partial charge in [0.1, 0.15) is 0 Å². The second kappa shape index (κ2) is 7.69. The molecule has 0 aliphatic carbocycles. The van der Waals surface area contributed by atoms with E-state index in [0.717, 1.165) is 14.8 Å². The number of benzene rings is 1. The Morgan fingerprint density at radius 2 is 2.08 bits per heavy atom. The lowest BCUT2D eigenvalue weighted by molar-refractivity contribution is 0.0927. The molecule has 0 aliphatic heterocycles. The highest BCUT2D eigenvalue weighted by Crippen LogP contribution is 2.06. The molecule has 0 unspecified atom stereocenters. The highest BCUT2D eigenvalue weighted by Gasteiger charge is 2.19. The molecule has 0 spiro atoms. The molecule has 2 aromatic rings. The molecule has 0 radical (unpaired) electrons. The monoisotopic (exact) mass is 332 g/mol. The average Bonchev–Trinajstić information content (AvgIpc) is 2.55. The molecule has 1 heterocycles. The largest absolute Gasteiger partial charge is 0.383 e. The van der Waals surface area contributed by atoms with E-state index in [1.807, 2.05) is 13.0 Å². The number of rotatable bonds is 6. The number of aryl methyl sites for hydroxylation is 1. The number of hydrogen-bond donors (Lipinski definition) is 1. The van der Waals surface area contributed by atoms with Crippen LogP contribution in [0.2, 0.25) is 0 Å². The van der Waals surface area contributed by atoms with Crippen molar-refractivity contribution in [2.24, 2.45) is 0 Å². The summed E-state index contributed by atoms with van der Waals surface area (Å²) in [6, 6.07) is 7.10. The number of nitrogens with zero attached hydrogens (tertiary/aromatic N) is 3. The number of hydrogen-bond acceptors (Lipinski definition) is 5. The zero-order chi connectivity index (χ0) is 17.7. The first kappa shape index (κ1) is 17.6. The maximum Gasteiger partial charge on any atom is 0.352 e. The van der Waals surface area contributed by atoms with Crippen molar-refractivity contribution in [1.29, 1.82) is 0 Å². The third kappa shape index (κ3) is 3.60. The van der Waals surface area contributed by atoms with Gasteiger partial charge in [-0.2, -0.15) is 9.78 Å². The first-order chi connectivity index (χ1) is 11.5. The molecule has 24 heavy (non-hydrogen) atoms. The van der Waals surface area contributed by atoms with Crippen LogP contribution in [0.4, 0.5) is 0 Å². The third-order valence-electron chi connectivity index (χ3n) is 3.43. The minimum atomic E-state index is -0.707. The maximum atomic E-state index is 12.5. The fourth-order valence-corrected chi connectivity index (χ4v) is 2.21. The van der Waals surface area contributed by atoms with Crippen LogP contribution in [-0.4, -0.2) is 40.5 Å². The van der Waals surface area contributed by atoms with E-state index >= 15 is 0 Å². The predicted molar refractivity (Wildman–Crippen MR) is 88.7 cm³/mol. The molecule has 8 nitrogen and oxygen atoms in total. The van der Waals surface area contributed by atoms with Crippen molar-refractivity contribution >= 4 is 5.91 Å². The Bertz CT molecular complexity index is 854. The molecule has 0 saturated heterocycles. The molecule has 1 N–H and O–H groups in total. The lowest BCUT2D eigenvalue weighted by Gasteiger charge is -2.11. The topological polar surface area (TPSA) is 95.2 Å². The molecule has 2 rings (SSSR count). The first-order valence-electron chi connectivity index (χ1n) is 7.58. The minimum absolute atomic E-state index is 0.143. The Balaban J connectivity index is 2.57. The molecular formula is C16H20N4O4. The van der Waals surface area contributed by atoms with Crippen molar-refractivity contribution in [1.82, 2.24) is 19.7 Å². The molecule has 1 aromatic carbocycles. The molecular weight excluding hydrogens is 312 g/mol. The summed E-state index contributed by atoms with van der Waals surface area (Å²) >= 11 is 0. The van der Waals surface area contributed by atoms with Crippen LogP contribution in [-0.2, 0) is 11.3 Å². The van der Waals surface area contributed by atoms with Gasteiger partial charge in [0, 0.05) is 20.2 Å². The average molecular weight is 332 g/mol. The second-order valence-electron chi connectivity index (χ2n) is 5.18. The van der Waals surface area contributed by atoms with Crippen molar-refractivity contribution < 1.29 is 9.53 Å². The Morgan fingerprint density at radius 3 is 2.71 bits per heavy atom. The summed E-state index contributed by atoms with van der Waals surface area (Å²) in [6.07, 6.45) is 0. The van der Waals surface area contributed by atoms with Gasteiger partial charge < -0.3 is 10.1 Å². The number of carbonyl (C=O) groups excluding carboxylic acids is 1. The van der Waals surface area contributed by atoms with E-state index in [0.29, 0.717) is 12.3 Å². The van der Waals surface area contributed by atoms with Gasteiger partial charge >= 0.3 is 5.69 Å². The maximum absolute atomic E-state index is 12.5. The SMILES string of the molecule is CCn1c(=O)c(C(=O)NCCOC)nn(-c2cccc(C)c2)c1=O. The van der Waals surface area contributed by atoms with Crippen LogP contribution in [0, 0.1) is 6.92 Å². The zero-order valence-corrected chi connectivity index (χ0v) is 13.9. The van der Waals surface area contributed by atoms with Crippen LogP contribution in [0.5, 0.6) is 0 Å². The summed E-state index contributed by atoms with van der Waals surface area (Å²) in [6.45, 7) is 4.24. The lowest BCUT2D eigenvalue weighted by atomic mass is 10.2. The predicted octanol–water partition coefficient (Wildman–Crippen LogP) is 0.0987. The molecule has 1 aromatic heterocycles. The highest BCUT2D eigenvalue weighted by molar-refractivity contribution is 5.91. The van der Waals surface area contributed by atoms with Crippen LogP contribution < -0.4 is 16.6 Å². The molecule has 0 atom stereocenters. The number of ether oxygens (including phenoxy) is 1. The normalized spacial score (nSPS) is 10.6. The molecule has 1 amide bonds. The summed E-state index contributed by atoms with van der Waals surface area (Å²) in [5.74, 6) is -0.638. The van der Waals surface area contributed by atoms with E-state index in [9.17, 15) is 14.4 Å². The van der Waals surface area contributed by atoms with E-state index in [1.165, 1.54) is 7.11 Å². The van der Waals surface area contributed by atoms with Crippen molar-refractivity contribution in [3.05, 3.63) is 56.4 Å². The van der Waals surface area contributed by atoms with Crippen LogP contribution >= 0.6 is 0 Å². The Kier molecular flexibility index (Phi) is 5.64. The van der Waals surface area contributed by atoms with Crippen LogP contribution in [0.25, 0.3) is 5.69 Å². The second-order valence-corrected chi connectivity index (χ2v) is 5.18. The molecule has 0 saturated carbocycles. The van der Waals surface area contributed by atoms with E-state index in [-0.39, 0.29) is 18.8 Å². The van der Waals surface area contributed by atoms with Crippen molar-refractivity contribution in [3.63, 3.8) is 0 Å². The number of aromatic nitrogens is 3. The fourth-order valence-electron chi connectivity index (χ4n) is 2.21. The Hall–Kier alpha value is -2.74. The van der Waals surface area contributed by atoms with Gasteiger partial charge in [0.2, 0.25) is 5.69 Å². The molecule has 0 bridgehead atoms. The minimum Gasteiger partial charge on any atom is -0.383 e. The van der Waals surface area contributed by atoms with E-state index in [2.05, 4.69) is 10.4 Å². The number of methoxy groups -OCH3 is 1. The Labute approximate surface area is 138 Å². The van der Waals surface area contributed by atoms with Gasteiger partial charge in [0.05, 0.1) is 12.3 Å². The van der Waals surface area contributed by atoms with Crippen molar-refractivity contribution in [3.8, 4) is 5.69 Å². The quantitative estimate of drug-likeness (QED) is 0.757. The van der Waals surface area contributed by atoms with Gasteiger partial charge in [0.15, 0.2) is 0 Å². The van der Waals surface area contributed by atoms with E-state index in [1.54, 1.807) is 25.1 Å². The van der Waals surface area contributed by atoms with Gasteiger partial charge in [-0.15, -0.1) is 0 Å². The highest BCUT2D eigenvalue weighted by atomic mass is 16.5. The third-order valence-corrected chi connectivity index (χ3v) is 3.43. The van der Waals surface area contributed by atoms with Crippen molar-refractivity contribution in [2.45, 2.75) is 20.4 Å². The van der Waals surface area contributed by atoms with E-state index in [4.69, 9.17) is 4.74 Å². The summed E-state index contributed by atoms with van der Waals surface area (Å²) in [4.78, 5) is 37.0. The summed E-state index contributed by atoms with van der Waals surface area (Å²) in [5, 5.41) is 6.53. The van der Waals surface area contributed by atoms with Gasteiger partial charge in [-0.25, -0.2) is 4.79 Å². The van der Waals surface area contributed by atoms with Crippen molar-refractivity contribution in [2.75, 3.05) is 20.3 Å². The summed E-state index contributed by atoms with van der Waals surface area (Å²) in [5.41, 5.74) is -0.188. The lowest BCUT2D eigenvalue weighted by Crippen LogP contribution is -2.45. The van der Waals surface area contributed by atoms with Gasteiger partial charge in [-0.1, -0.05) is 12.1 Å². The number of amides is 1. The summed E-state index contributed by atoms with van der Waals surface area (Å²) < 4.78 is 6.91. The molecule has 8 heteroatoms. The standard InChI is InChI=1S/C16H20N4O4/c1-4-19-15(22)13(14(21)17-8-9-24-3)18-20(16(19)23)12-7-5-6-11(2)10-12/h5-7,10H,4,8-9H2,1-3H3,(H,17,21). The first-order valence-corrected chi connectivity index (χ1v) is 7.58. The van der Waals surface area contributed by atoms with Crippen LogP contribution in [0.3, 0.4) is 0 Å². The smallest absolute Gasteiger partial charge is 0.352 e. The van der Waals surface area contributed by atoms with Gasteiger partial charge in [-0.3, -0.25) is 14.2 Å². The van der Waals surface area contributed by atoms with Gasteiger partial charge in [-0.05, 0) is 31.5 Å². The molecule has 0 aliphatic rings. The molecule has 128 valence electrons. The summed E-state index contributed by atoms with van der Waals surface area (Å²) in [7, 11) is 1.51. The number of carbonyl (C=O) groups is 1. The number of nitrogens with one attached hydrogen (secondary N) is 1. The zero-order valence-electron chi connectivity index (χ0n) is 13.9. The van der Waals surface area contributed by atoms with Crippen LogP contribution in [0.15, 0.2) is 33.9 Å². The van der Waals surface area contributed by atoms with Gasteiger partial charge in [0.25, 0.3) is 11.5 Å². The van der Waals surface area contributed by atoms with Crippen LogP contribution in [0.1, 0.15) is 23.0 Å². The Morgan fingerprint density at radius 1 is 1.33 bits per heavy atom.